The average molecular weight is 1990 g/mol. The lowest BCUT2D eigenvalue weighted by molar-refractivity contribution is 0.666. The van der Waals surface area contributed by atoms with Crippen molar-refractivity contribution >= 4 is 291 Å². The van der Waals surface area contributed by atoms with Crippen molar-refractivity contribution < 1.29 is 17.7 Å². The highest BCUT2D eigenvalue weighted by Gasteiger charge is 2.23. The molecular weight excluding hydrogens is 1930 g/mol. The monoisotopic (exact) mass is 1990 g/mol. The van der Waals surface area contributed by atoms with E-state index in [0.717, 1.165) is 148 Å². The first-order valence-electron chi connectivity index (χ1n) is 37.9. The molecule has 119 heavy (non-hydrogen) atoms. The summed E-state index contributed by atoms with van der Waals surface area (Å²) in [7, 11) is -0.446. The van der Waals surface area contributed by atoms with Gasteiger partial charge in [0.2, 0.25) is 0 Å². The number of nitrogen functional groups attached to an aromatic ring is 1. The molecule has 0 bridgehead atoms. The third kappa shape index (κ3) is 17.1. The third-order valence-corrected chi connectivity index (χ3v) is 26.9. The standard InChI is InChI=1S/C24H14BrNO.C18H11BrClNO.C18H10BrNO.C18H15P.C12H6Br2O.C6H5Br.C6H6ClN/c25-19-14-18-16-10-4-6-12-20(16)26(15-8-2-1-3-9-15)23(18)24-22(19)17-11-5-7-13-21(17)27-24;19-12-9-10-15(21-14-7-3-2-6-13(14)20)18-17(12)11-5-1-4-8-16(11)22-18;19-13-9-12-10-5-1-3-7-14(10)20-17(12)18-16(13)11-6-2-4-8-15(11)21-18;1-4-10-16(11-5-1)19(17-12-6-2-7-13-17)18-14-8-3-9-15-18;13-8-5-6-9(14)12-11(8)7-3-1-2-4-10(7)15-12;7-6-4-2-1-3-5-6;7-5-3-1-2-4-6(5)8/h1-14H;1-10,21H;1-9,20H;1-15H;1-6H;1-5H;1-4H,8H2. The molecule has 580 valence electrons. The van der Waals surface area contributed by atoms with E-state index >= 15 is 0 Å². The first kappa shape index (κ1) is 80.4. The molecule has 6 aromatic heterocycles. The molecule has 23 rings (SSSR count). The lowest BCUT2D eigenvalue weighted by Crippen LogP contribution is -2.20. The van der Waals surface area contributed by atoms with E-state index in [9.17, 15) is 0 Å². The molecule has 8 nitrogen and oxygen atoms in total. The fourth-order valence-corrected chi connectivity index (χ4v) is 20.3. The van der Waals surface area contributed by atoms with Gasteiger partial charge in [-0.1, -0.05) is 332 Å². The van der Waals surface area contributed by atoms with Gasteiger partial charge in [-0.3, -0.25) is 0 Å². The Morgan fingerprint density at radius 3 is 1.20 bits per heavy atom. The summed E-state index contributed by atoms with van der Waals surface area (Å²) in [5, 5.41) is 22.6. The molecule has 0 atom stereocenters. The number of aromatic amines is 1. The Morgan fingerprint density at radius 2 is 0.689 bits per heavy atom. The van der Waals surface area contributed by atoms with Crippen LogP contribution in [0.15, 0.2) is 427 Å². The number of anilines is 3. The Kier molecular flexibility index (Phi) is 24.8. The number of aromatic nitrogens is 2. The van der Waals surface area contributed by atoms with Crippen LogP contribution in [0.25, 0.3) is 137 Å². The second-order valence-electron chi connectivity index (χ2n) is 27.5. The van der Waals surface area contributed by atoms with Gasteiger partial charge in [-0.25, -0.2) is 0 Å². The first-order chi connectivity index (χ1) is 58.3. The van der Waals surface area contributed by atoms with Crippen LogP contribution in [0, 0.1) is 0 Å². The minimum absolute atomic E-state index is 0.446. The fraction of sp³-hybridized carbons (Fsp3) is 0. The molecule has 0 aliphatic heterocycles. The van der Waals surface area contributed by atoms with Crippen molar-refractivity contribution in [2.75, 3.05) is 11.1 Å². The Bertz CT molecular complexity index is 7440. The van der Waals surface area contributed by atoms with Crippen LogP contribution in [0.2, 0.25) is 10.0 Å². The minimum atomic E-state index is -0.446. The van der Waals surface area contributed by atoms with E-state index in [4.69, 9.17) is 46.6 Å². The summed E-state index contributed by atoms with van der Waals surface area (Å²) < 4.78 is 33.0. The molecular formula is C102H67Br6Cl2N4O4P. The summed E-state index contributed by atoms with van der Waals surface area (Å²) in [6, 6.07) is 129. The van der Waals surface area contributed by atoms with Crippen molar-refractivity contribution in [3.05, 3.63) is 419 Å². The third-order valence-electron chi connectivity index (χ3n) is 20.1. The number of rotatable bonds is 6. The molecule has 0 fully saturated rings. The Morgan fingerprint density at radius 1 is 0.303 bits per heavy atom. The molecule has 17 heteroatoms. The summed E-state index contributed by atoms with van der Waals surface area (Å²) in [5.74, 6) is 0. The molecule has 0 saturated heterocycles. The number of halogens is 8. The Hall–Kier alpha value is -11.0. The van der Waals surface area contributed by atoms with Gasteiger partial charge in [0.25, 0.3) is 0 Å². The van der Waals surface area contributed by atoms with Crippen LogP contribution in [-0.4, -0.2) is 9.55 Å². The summed E-state index contributed by atoms with van der Waals surface area (Å²) in [4.78, 5) is 3.49. The quantitative estimate of drug-likeness (QED) is 0.113. The highest BCUT2D eigenvalue weighted by molar-refractivity contribution is 9.11. The van der Waals surface area contributed by atoms with Gasteiger partial charge >= 0.3 is 0 Å². The molecule has 4 N–H and O–H groups in total. The predicted molar refractivity (Wildman–Crippen MR) is 527 cm³/mol. The first-order valence-corrected chi connectivity index (χ1v) is 44.8. The zero-order valence-electron chi connectivity index (χ0n) is 63.0. The smallest absolute Gasteiger partial charge is 0.161 e. The van der Waals surface area contributed by atoms with Crippen molar-refractivity contribution in [3.63, 3.8) is 0 Å². The molecule has 0 aliphatic rings. The van der Waals surface area contributed by atoms with Gasteiger partial charge in [0.15, 0.2) is 22.3 Å². The van der Waals surface area contributed by atoms with Gasteiger partial charge in [-0.05, 0) is 193 Å². The number of para-hydroxylation sites is 9. The molecule has 0 saturated carbocycles. The second kappa shape index (κ2) is 36.7. The largest absolute Gasteiger partial charge is 0.455 e. The number of nitrogens with zero attached hydrogens (tertiary/aromatic N) is 1. The highest BCUT2D eigenvalue weighted by Crippen LogP contribution is 2.47. The van der Waals surface area contributed by atoms with Crippen molar-refractivity contribution in [2.24, 2.45) is 0 Å². The van der Waals surface area contributed by atoms with Gasteiger partial charge < -0.3 is 38.3 Å². The van der Waals surface area contributed by atoms with Crippen LogP contribution in [0.1, 0.15) is 0 Å². The van der Waals surface area contributed by atoms with E-state index in [1.807, 2.05) is 170 Å². The zero-order valence-corrected chi connectivity index (χ0v) is 74.9. The number of H-pyrrole nitrogens is 1. The summed E-state index contributed by atoms with van der Waals surface area (Å²) in [6.45, 7) is 0. The van der Waals surface area contributed by atoms with Crippen molar-refractivity contribution in [3.8, 4) is 5.69 Å². The predicted octanol–water partition coefficient (Wildman–Crippen LogP) is 33.1. The molecule has 0 amide bonds. The highest BCUT2D eigenvalue weighted by atomic mass is 79.9. The number of benzene rings is 17. The lowest BCUT2D eigenvalue weighted by Gasteiger charge is -2.18. The summed E-state index contributed by atoms with van der Waals surface area (Å²) >= 11 is 33.3. The van der Waals surface area contributed by atoms with E-state index < -0.39 is 7.92 Å². The number of hydrogen-bond acceptors (Lipinski definition) is 6. The van der Waals surface area contributed by atoms with E-state index in [1.165, 1.54) is 43.0 Å². The number of fused-ring (bicyclic) bond motifs is 20. The minimum Gasteiger partial charge on any atom is -0.455 e. The van der Waals surface area contributed by atoms with Crippen molar-refractivity contribution in [1.29, 1.82) is 0 Å². The van der Waals surface area contributed by atoms with E-state index in [1.54, 1.807) is 12.1 Å². The van der Waals surface area contributed by atoms with Gasteiger partial charge in [0, 0.05) is 98.2 Å². The molecule has 17 aromatic carbocycles. The fourth-order valence-electron chi connectivity index (χ4n) is 14.7. The van der Waals surface area contributed by atoms with Gasteiger partial charge in [0.05, 0.1) is 48.1 Å². The van der Waals surface area contributed by atoms with Crippen LogP contribution < -0.4 is 27.0 Å². The van der Waals surface area contributed by atoms with E-state index in [-0.39, 0.29) is 0 Å². The summed E-state index contributed by atoms with van der Waals surface area (Å²) in [5.41, 5.74) is 20.5. The van der Waals surface area contributed by atoms with Crippen LogP contribution in [0.5, 0.6) is 0 Å². The maximum absolute atomic E-state index is 6.39. The van der Waals surface area contributed by atoms with Gasteiger partial charge in [-0.2, -0.15) is 0 Å². The maximum atomic E-state index is 6.39. The van der Waals surface area contributed by atoms with Crippen molar-refractivity contribution in [1.82, 2.24) is 9.55 Å². The number of nitrogens with two attached hydrogens (primary N) is 1. The number of hydrogen-bond donors (Lipinski definition) is 3. The molecule has 6 heterocycles. The molecule has 0 unspecified atom stereocenters. The topological polar surface area (TPSA) is 111 Å². The molecule has 0 radical (unpaired) electrons. The maximum Gasteiger partial charge on any atom is 0.161 e. The van der Waals surface area contributed by atoms with Gasteiger partial charge in [0.1, 0.15) is 22.3 Å². The normalized spacial score (nSPS) is 11.1. The zero-order chi connectivity index (χ0) is 81.5. The van der Waals surface area contributed by atoms with Crippen LogP contribution in [-0.2, 0) is 0 Å². The Balaban J connectivity index is 0.000000103. The average Bonchev–Trinajstić information content (AvgIpc) is 1.56. The summed E-state index contributed by atoms with van der Waals surface area (Å²) in [6.07, 6.45) is 0. The van der Waals surface area contributed by atoms with Gasteiger partial charge in [-0.15, -0.1) is 0 Å². The van der Waals surface area contributed by atoms with Crippen LogP contribution in [0.3, 0.4) is 0 Å². The number of furan rings is 4. The SMILES string of the molecule is Brc1cc2c3ccccc3[nH]c2c2oc3ccccc3c12.Brc1cc2c3ccccc3n(-c3ccccc3)c2c2oc3ccccc3c12.Brc1ccc(Br)c2c1oc1ccccc12.Brc1ccccc1.Clc1ccccc1Nc1ccc(Br)c2c1oc1ccccc12.Nc1ccccc1Cl.c1ccc(P(c2ccccc2)c2ccccc2)cc1. The second-order valence-corrected chi connectivity index (χ2v) is 35.7. The molecule has 0 aliphatic carbocycles. The molecule has 23 aromatic rings. The van der Waals surface area contributed by atoms with Crippen LogP contribution >= 0.6 is 127 Å². The van der Waals surface area contributed by atoms with E-state index in [2.05, 4.69) is 311 Å². The lowest BCUT2D eigenvalue weighted by atomic mass is 10.1. The number of nitrogens with one attached hydrogen (secondary N) is 2. The molecule has 0 spiro atoms. The van der Waals surface area contributed by atoms with E-state index in [0.29, 0.717) is 15.7 Å². The van der Waals surface area contributed by atoms with Crippen molar-refractivity contribution in [2.45, 2.75) is 0 Å². The van der Waals surface area contributed by atoms with Crippen LogP contribution in [0.4, 0.5) is 17.1 Å². The Labute approximate surface area is 746 Å².